The second-order valence-corrected chi connectivity index (χ2v) is 4.62. The SMILES string of the molecule is C=C(C)COC(=O)C(F)(CCC)C(=O)OCC(=C)C. The van der Waals surface area contributed by atoms with E-state index in [2.05, 4.69) is 13.2 Å². The maximum Gasteiger partial charge on any atom is 0.356 e. The van der Waals surface area contributed by atoms with Crippen LogP contribution < -0.4 is 0 Å². The fraction of sp³-hybridized carbons (Fsp3) is 0.571. The Hall–Kier alpha value is -1.65. The molecular formula is C14H21FO4. The lowest BCUT2D eigenvalue weighted by atomic mass is 10.0. The van der Waals surface area contributed by atoms with Gasteiger partial charge >= 0.3 is 17.6 Å². The van der Waals surface area contributed by atoms with Crippen molar-refractivity contribution in [3.8, 4) is 0 Å². The first-order valence-electron chi connectivity index (χ1n) is 6.06. The molecule has 4 nitrogen and oxygen atoms in total. The Morgan fingerprint density at radius 3 is 1.68 bits per heavy atom. The number of carbonyl (C=O) groups is 2. The predicted octanol–water partition coefficient (Wildman–Crippen LogP) is 2.73. The lowest BCUT2D eigenvalue weighted by Gasteiger charge is -2.21. The summed E-state index contributed by atoms with van der Waals surface area (Å²) in [4.78, 5) is 23.4. The van der Waals surface area contributed by atoms with Gasteiger partial charge in [0.05, 0.1) is 0 Å². The summed E-state index contributed by atoms with van der Waals surface area (Å²) >= 11 is 0. The fourth-order valence-electron chi connectivity index (χ4n) is 1.24. The first-order chi connectivity index (χ1) is 8.74. The Labute approximate surface area is 113 Å². The molecule has 0 unspecified atom stereocenters. The van der Waals surface area contributed by atoms with E-state index in [1.165, 1.54) is 0 Å². The van der Waals surface area contributed by atoms with Gasteiger partial charge in [-0.2, -0.15) is 0 Å². The van der Waals surface area contributed by atoms with Crippen LogP contribution in [0.2, 0.25) is 0 Å². The van der Waals surface area contributed by atoms with Gasteiger partial charge in [0.25, 0.3) is 0 Å². The van der Waals surface area contributed by atoms with Crippen molar-refractivity contribution in [1.82, 2.24) is 0 Å². The second-order valence-electron chi connectivity index (χ2n) is 4.62. The zero-order valence-electron chi connectivity index (χ0n) is 11.8. The number of carbonyl (C=O) groups excluding carboxylic acids is 2. The monoisotopic (exact) mass is 272 g/mol. The highest BCUT2D eigenvalue weighted by molar-refractivity contribution is 6.03. The molecule has 19 heavy (non-hydrogen) atoms. The number of hydrogen-bond acceptors (Lipinski definition) is 4. The van der Waals surface area contributed by atoms with Crippen molar-refractivity contribution in [2.24, 2.45) is 0 Å². The molecule has 5 heteroatoms. The third-order valence-electron chi connectivity index (χ3n) is 2.14. The number of hydrogen-bond donors (Lipinski definition) is 0. The van der Waals surface area contributed by atoms with Crippen molar-refractivity contribution in [2.75, 3.05) is 13.2 Å². The lowest BCUT2D eigenvalue weighted by Crippen LogP contribution is -2.45. The van der Waals surface area contributed by atoms with Gasteiger partial charge in [0.1, 0.15) is 13.2 Å². The molecule has 0 aliphatic carbocycles. The van der Waals surface area contributed by atoms with Crippen LogP contribution in [0.4, 0.5) is 4.39 Å². The molecule has 0 fully saturated rings. The zero-order chi connectivity index (χ0) is 15.1. The van der Waals surface area contributed by atoms with Crippen molar-refractivity contribution in [3.63, 3.8) is 0 Å². The van der Waals surface area contributed by atoms with Gasteiger partial charge in [-0.1, -0.05) is 26.5 Å². The van der Waals surface area contributed by atoms with Crippen molar-refractivity contribution in [1.29, 1.82) is 0 Å². The van der Waals surface area contributed by atoms with E-state index in [0.717, 1.165) is 0 Å². The summed E-state index contributed by atoms with van der Waals surface area (Å²) in [6, 6.07) is 0. The first kappa shape index (κ1) is 17.4. The topological polar surface area (TPSA) is 52.6 Å². The highest BCUT2D eigenvalue weighted by atomic mass is 19.1. The molecular weight excluding hydrogens is 251 g/mol. The highest BCUT2D eigenvalue weighted by Crippen LogP contribution is 2.23. The maximum atomic E-state index is 14.5. The molecule has 0 atom stereocenters. The standard InChI is InChI=1S/C14H21FO4/c1-6-7-14(15,12(16)18-8-10(2)3)13(17)19-9-11(4)5/h2,4,6-9H2,1,3,5H3. The van der Waals surface area contributed by atoms with E-state index in [9.17, 15) is 14.0 Å². The molecule has 0 aliphatic heterocycles. The van der Waals surface area contributed by atoms with Crippen molar-refractivity contribution in [3.05, 3.63) is 24.3 Å². The van der Waals surface area contributed by atoms with Crippen molar-refractivity contribution in [2.45, 2.75) is 39.3 Å². The Kier molecular flexibility index (Phi) is 7.04. The van der Waals surface area contributed by atoms with Gasteiger partial charge in [0.2, 0.25) is 0 Å². The summed E-state index contributed by atoms with van der Waals surface area (Å²) in [5.74, 6) is -2.46. The van der Waals surface area contributed by atoms with Crippen molar-refractivity contribution < 1.29 is 23.5 Å². The van der Waals surface area contributed by atoms with Gasteiger partial charge in [0, 0.05) is 6.42 Å². The quantitative estimate of drug-likeness (QED) is 0.387. The summed E-state index contributed by atoms with van der Waals surface area (Å²) in [5.41, 5.74) is -1.65. The molecule has 0 N–H and O–H groups in total. The minimum absolute atomic E-state index is 0.123. The normalized spacial score (nSPS) is 10.7. The van der Waals surface area contributed by atoms with E-state index < -0.39 is 17.6 Å². The summed E-state index contributed by atoms with van der Waals surface area (Å²) in [7, 11) is 0. The van der Waals surface area contributed by atoms with E-state index >= 15 is 0 Å². The van der Waals surface area contributed by atoms with Gasteiger partial charge in [-0.05, 0) is 25.0 Å². The molecule has 0 amide bonds. The number of esters is 2. The van der Waals surface area contributed by atoms with Crippen LogP contribution in [0.25, 0.3) is 0 Å². The zero-order valence-corrected chi connectivity index (χ0v) is 11.8. The summed E-state index contributed by atoms with van der Waals surface area (Å²) < 4.78 is 23.9. The number of alkyl halides is 1. The number of rotatable bonds is 8. The first-order valence-corrected chi connectivity index (χ1v) is 6.06. The van der Waals surface area contributed by atoms with E-state index in [0.29, 0.717) is 17.6 Å². The molecule has 0 heterocycles. The Morgan fingerprint density at radius 2 is 1.42 bits per heavy atom. The molecule has 0 rings (SSSR count). The van der Waals surface area contributed by atoms with Crippen LogP contribution in [0.1, 0.15) is 33.6 Å². The van der Waals surface area contributed by atoms with Crippen LogP contribution in [0.15, 0.2) is 24.3 Å². The Balaban J connectivity index is 4.80. The molecule has 0 aromatic carbocycles. The average molecular weight is 272 g/mol. The minimum atomic E-state index is -2.76. The summed E-state index contributed by atoms with van der Waals surface area (Å²) in [5, 5.41) is 0. The van der Waals surface area contributed by atoms with Crippen LogP contribution >= 0.6 is 0 Å². The highest BCUT2D eigenvalue weighted by Gasteiger charge is 2.49. The summed E-state index contributed by atoms with van der Waals surface area (Å²) in [6.07, 6.45) is 0.0257. The smallest absolute Gasteiger partial charge is 0.356 e. The molecule has 0 aromatic rings. The predicted molar refractivity (Wildman–Crippen MR) is 70.3 cm³/mol. The maximum absolute atomic E-state index is 14.5. The molecule has 0 radical (unpaired) electrons. The molecule has 0 bridgehead atoms. The van der Waals surface area contributed by atoms with E-state index in [4.69, 9.17) is 9.47 Å². The molecule has 0 saturated carbocycles. The molecule has 108 valence electrons. The van der Waals surface area contributed by atoms with E-state index in [1.54, 1.807) is 20.8 Å². The van der Waals surface area contributed by atoms with Gasteiger partial charge in [-0.3, -0.25) is 0 Å². The number of halogens is 1. The van der Waals surface area contributed by atoms with Crippen LogP contribution in [-0.4, -0.2) is 30.8 Å². The van der Waals surface area contributed by atoms with Gasteiger partial charge in [-0.15, -0.1) is 0 Å². The molecule has 0 spiro atoms. The Bertz CT molecular complexity index is 344. The molecule has 0 saturated heterocycles. The van der Waals surface area contributed by atoms with Crippen molar-refractivity contribution >= 4 is 11.9 Å². The largest absolute Gasteiger partial charge is 0.458 e. The summed E-state index contributed by atoms with van der Waals surface area (Å²) in [6.45, 7) is 11.7. The van der Waals surface area contributed by atoms with Crippen LogP contribution in [-0.2, 0) is 19.1 Å². The van der Waals surface area contributed by atoms with Crippen LogP contribution in [0, 0.1) is 0 Å². The second kappa shape index (κ2) is 7.71. The lowest BCUT2D eigenvalue weighted by molar-refractivity contribution is -0.174. The van der Waals surface area contributed by atoms with Gasteiger partial charge < -0.3 is 9.47 Å². The third-order valence-corrected chi connectivity index (χ3v) is 2.14. The minimum Gasteiger partial charge on any atom is -0.458 e. The van der Waals surface area contributed by atoms with Crippen LogP contribution in [0.3, 0.4) is 0 Å². The molecule has 0 aliphatic rings. The van der Waals surface area contributed by atoms with Crippen LogP contribution in [0.5, 0.6) is 0 Å². The fourth-order valence-corrected chi connectivity index (χ4v) is 1.24. The van der Waals surface area contributed by atoms with Gasteiger partial charge in [-0.25, -0.2) is 14.0 Å². The number of ether oxygens (including phenoxy) is 2. The van der Waals surface area contributed by atoms with E-state index in [1.807, 2.05) is 0 Å². The Morgan fingerprint density at radius 1 is 1.05 bits per heavy atom. The molecule has 0 aromatic heterocycles. The third kappa shape index (κ3) is 5.68. The van der Waals surface area contributed by atoms with Gasteiger partial charge in [0.15, 0.2) is 0 Å². The average Bonchev–Trinajstić information content (AvgIpc) is 2.32. The van der Waals surface area contributed by atoms with E-state index in [-0.39, 0.29) is 19.6 Å².